The van der Waals surface area contributed by atoms with Gasteiger partial charge in [0.25, 0.3) is 0 Å². The number of aryl methyl sites for hydroxylation is 2. The molecule has 0 N–H and O–H groups in total. The van der Waals surface area contributed by atoms with Gasteiger partial charge < -0.3 is 0 Å². The SMILES string of the molecule is Cc1cc(C(C)C)cc(-c2c3ccc(C4CCC(C)(C)CC4)cc3cc[n+]2C)c1C. The molecule has 1 saturated carbocycles. The number of pyridine rings is 1. The van der Waals surface area contributed by atoms with Crippen LogP contribution in [0, 0.1) is 19.3 Å². The summed E-state index contributed by atoms with van der Waals surface area (Å²) in [5.41, 5.74) is 8.96. The summed E-state index contributed by atoms with van der Waals surface area (Å²) in [6.45, 7) is 13.9. The molecule has 0 aliphatic heterocycles. The molecule has 30 heavy (non-hydrogen) atoms. The van der Waals surface area contributed by atoms with Crippen molar-refractivity contribution in [3.63, 3.8) is 0 Å². The lowest BCUT2D eigenvalue weighted by molar-refractivity contribution is -0.659. The zero-order chi connectivity index (χ0) is 21.6. The normalized spacial score (nSPS) is 17.1. The van der Waals surface area contributed by atoms with Gasteiger partial charge in [-0.2, -0.15) is 0 Å². The van der Waals surface area contributed by atoms with Gasteiger partial charge in [0.15, 0.2) is 6.20 Å². The summed E-state index contributed by atoms with van der Waals surface area (Å²) < 4.78 is 2.30. The van der Waals surface area contributed by atoms with Gasteiger partial charge in [0.1, 0.15) is 7.05 Å². The number of benzene rings is 2. The monoisotopic (exact) mass is 400 g/mol. The van der Waals surface area contributed by atoms with Crippen LogP contribution in [0.4, 0.5) is 0 Å². The Morgan fingerprint density at radius 2 is 1.67 bits per heavy atom. The van der Waals surface area contributed by atoms with Crippen molar-refractivity contribution < 1.29 is 4.57 Å². The largest absolute Gasteiger partial charge is 0.220 e. The van der Waals surface area contributed by atoms with E-state index in [0.717, 1.165) is 0 Å². The van der Waals surface area contributed by atoms with E-state index in [9.17, 15) is 0 Å². The van der Waals surface area contributed by atoms with Crippen LogP contribution >= 0.6 is 0 Å². The van der Waals surface area contributed by atoms with Crippen molar-refractivity contribution in [1.82, 2.24) is 0 Å². The molecule has 3 aromatic rings. The molecule has 0 bridgehead atoms. The van der Waals surface area contributed by atoms with Crippen LogP contribution in [-0.2, 0) is 7.05 Å². The number of hydrogen-bond acceptors (Lipinski definition) is 0. The first kappa shape index (κ1) is 21.1. The summed E-state index contributed by atoms with van der Waals surface area (Å²) in [5, 5.41) is 2.74. The van der Waals surface area contributed by atoms with Crippen molar-refractivity contribution in [1.29, 1.82) is 0 Å². The zero-order valence-electron chi connectivity index (χ0n) is 20.0. The van der Waals surface area contributed by atoms with Gasteiger partial charge in [-0.1, -0.05) is 45.9 Å². The molecule has 0 saturated heterocycles. The van der Waals surface area contributed by atoms with E-state index in [1.165, 1.54) is 70.0 Å². The Balaban J connectivity index is 1.82. The lowest BCUT2D eigenvalue weighted by atomic mass is 9.71. The summed E-state index contributed by atoms with van der Waals surface area (Å²) >= 11 is 0. The maximum absolute atomic E-state index is 2.47. The Morgan fingerprint density at radius 3 is 2.33 bits per heavy atom. The first-order valence-electron chi connectivity index (χ1n) is 11.7. The number of aromatic nitrogens is 1. The second-order valence-corrected chi connectivity index (χ2v) is 10.7. The number of fused-ring (bicyclic) bond motifs is 1. The minimum Gasteiger partial charge on any atom is -0.200 e. The average molecular weight is 401 g/mol. The number of hydrogen-bond donors (Lipinski definition) is 0. The third-order valence-electron chi connectivity index (χ3n) is 7.58. The molecule has 4 rings (SSSR count). The molecule has 0 radical (unpaired) electrons. The fourth-order valence-corrected chi connectivity index (χ4v) is 5.18. The molecular formula is C29H38N+. The van der Waals surface area contributed by atoms with Crippen molar-refractivity contribution >= 4 is 10.8 Å². The van der Waals surface area contributed by atoms with E-state index in [4.69, 9.17) is 0 Å². The van der Waals surface area contributed by atoms with Gasteiger partial charge >= 0.3 is 0 Å². The molecule has 1 aliphatic carbocycles. The molecule has 0 amide bonds. The van der Waals surface area contributed by atoms with Crippen molar-refractivity contribution in [2.24, 2.45) is 12.5 Å². The van der Waals surface area contributed by atoms with Crippen LogP contribution in [0.1, 0.15) is 87.5 Å². The van der Waals surface area contributed by atoms with Crippen molar-refractivity contribution in [2.75, 3.05) is 0 Å². The van der Waals surface area contributed by atoms with Gasteiger partial charge in [-0.25, -0.2) is 4.57 Å². The Hall–Kier alpha value is -2.15. The third kappa shape index (κ3) is 3.92. The van der Waals surface area contributed by atoms with Crippen LogP contribution in [0.2, 0.25) is 0 Å². The van der Waals surface area contributed by atoms with E-state index in [1.807, 2.05) is 0 Å². The third-order valence-corrected chi connectivity index (χ3v) is 7.58. The molecule has 158 valence electrons. The lowest BCUT2D eigenvalue weighted by Crippen LogP contribution is -2.31. The summed E-state index contributed by atoms with van der Waals surface area (Å²) in [7, 11) is 2.18. The highest BCUT2D eigenvalue weighted by Gasteiger charge is 2.28. The van der Waals surface area contributed by atoms with Gasteiger partial charge in [0, 0.05) is 6.07 Å². The smallest absolute Gasteiger partial charge is 0.200 e. The van der Waals surface area contributed by atoms with Crippen LogP contribution in [0.5, 0.6) is 0 Å². The first-order chi connectivity index (χ1) is 14.2. The summed E-state index contributed by atoms with van der Waals surface area (Å²) in [6, 6.07) is 14.3. The summed E-state index contributed by atoms with van der Waals surface area (Å²) in [6.07, 6.45) is 7.56. The molecule has 1 nitrogen and oxygen atoms in total. The van der Waals surface area contributed by atoms with Crippen LogP contribution < -0.4 is 4.57 Å². The van der Waals surface area contributed by atoms with Crippen LogP contribution in [0.3, 0.4) is 0 Å². The van der Waals surface area contributed by atoms with E-state index < -0.39 is 0 Å². The van der Waals surface area contributed by atoms with Crippen LogP contribution in [-0.4, -0.2) is 0 Å². The van der Waals surface area contributed by atoms with E-state index in [1.54, 1.807) is 0 Å². The maximum Gasteiger partial charge on any atom is 0.220 e. The molecule has 0 unspecified atom stereocenters. The average Bonchev–Trinajstić information content (AvgIpc) is 2.70. The fourth-order valence-electron chi connectivity index (χ4n) is 5.18. The van der Waals surface area contributed by atoms with Gasteiger partial charge in [0.2, 0.25) is 5.69 Å². The predicted molar refractivity (Wildman–Crippen MR) is 129 cm³/mol. The standard InChI is InChI=1S/C29H38N/c1-19(2)25-16-20(3)21(4)27(18-25)28-26-9-8-23(17-24(26)12-15-30(28)7)22-10-13-29(5,6)14-11-22/h8-9,12,15-19,22H,10-11,13-14H2,1-7H3/q+1. The molecule has 1 aliphatic rings. The van der Waals surface area contributed by atoms with E-state index in [-0.39, 0.29) is 0 Å². The molecule has 1 heteroatoms. The molecule has 2 aromatic carbocycles. The summed E-state index contributed by atoms with van der Waals surface area (Å²) in [5.74, 6) is 1.25. The Morgan fingerprint density at radius 1 is 0.967 bits per heavy atom. The minimum absolute atomic E-state index is 0.519. The highest BCUT2D eigenvalue weighted by Crippen LogP contribution is 2.43. The second-order valence-electron chi connectivity index (χ2n) is 10.7. The maximum atomic E-state index is 2.47. The summed E-state index contributed by atoms with van der Waals surface area (Å²) in [4.78, 5) is 0. The Kier molecular flexibility index (Phi) is 5.51. The van der Waals surface area contributed by atoms with Crippen LogP contribution in [0.25, 0.3) is 22.0 Å². The molecule has 0 atom stereocenters. The highest BCUT2D eigenvalue weighted by molar-refractivity contribution is 5.94. The van der Waals surface area contributed by atoms with Crippen LogP contribution in [0.15, 0.2) is 42.6 Å². The molecule has 1 heterocycles. The quantitative estimate of drug-likeness (QED) is 0.396. The van der Waals surface area contributed by atoms with Crippen molar-refractivity contribution in [3.05, 3.63) is 64.8 Å². The fraction of sp³-hybridized carbons (Fsp3) is 0.483. The second kappa shape index (κ2) is 7.84. The lowest BCUT2D eigenvalue weighted by Gasteiger charge is -2.34. The molecule has 1 aromatic heterocycles. The number of nitrogens with zero attached hydrogens (tertiary/aromatic N) is 1. The molecular weight excluding hydrogens is 362 g/mol. The number of rotatable bonds is 3. The Bertz CT molecular complexity index is 1080. The Labute approximate surface area is 183 Å². The predicted octanol–water partition coefficient (Wildman–Crippen LogP) is 7.76. The van der Waals surface area contributed by atoms with Gasteiger partial charge in [0.05, 0.1) is 10.9 Å². The first-order valence-corrected chi connectivity index (χ1v) is 11.7. The van der Waals surface area contributed by atoms with Gasteiger partial charge in [-0.3, -0.25) is 0 Å². The van der Waals surface area contributed by atoms with E-state index >= 15 is 0 Å². The van der Waals surface area contributed by atoms with E-state index in [0.29, 0.717) is 17.3 Å². The molecule has 1 fully saturated rings. The highest BCUT2D eigenvalue weighted by atomic mass is 14.9. The zero-order valence-corrected chi connectivity index (χ0v) is 20.0. The molecule has 0 spiro atoms. The van der Waals surface area contributed by atoms with Crippen molar-refractivity contribution in [3.8, 4) is 11.3 Å². The van der Waals surface area contributed by atoms with Gasteiger partial charge in [-0.15, -0.1) is 0 Å². The topological polar surface area (TPSA) is 3.88 Å². The minimum atomic E-state index is 0.519. The van der Waals surface area contributed by atoms with Gasteiger partial charge in [-0.05, 0) is 96.6 Å². The van der Waals surface area contributed by atoms with Crippen molar-refractivity contribution in [2.45, 2.75) is 79.1 Å². The van der Waals surface area contributed by atoms with E-state index in [2.05, 4.69) is 95.8 Å².